The average molecular weight is 284 g/mol. The lowest BCUT2D eigenvalue weighted by Crippen LogP contribution is -2.31. The zero-order chi connectivity index (χ0) is 14.8. The van der Waals surface area contributed by atoms with Gasteiger partial charge in [-0.3, -0.25) is 0 Å². The number of anilines is 2. The molecule has 0 amide bonds. The molecule has 1 aliphatic heterocycles. The van der Waals surface area contributed by atoms with E-state index >= 15 is 0 Å². The molecular formula is C15H16N4O2. The van der Waals surface area contributed by atoms with E-state index in [1.807, 2.05) is 12.1 Å². The normalized spacial score (nSPS) is 13.7. The number of fused-ring (bicyclic) bond motifs is 1. The first-order valence-corrected chi connectivity index (χ1v) is 6.72. The van der Waals surface area contributed by atoms with Gasteiger partial charge in [-0.1, -0.05) is 12.1 Å². The van der Waals surface area contributed by atoms with Gasteiger partial charge in [0.15, 0.2) is 11.5 Å². The van der Waals surface area contributed by atoms with Crippen molar-refractivity contribution in [1.29, 1.82) is 0 Å². The molecule has 2 N–H and O–H groups in total. The van der Waals surface area contributed by atoms with Crippen LogP contribution in [0.3, 0.4) is 0 Å². The van der Waals surface area contributed by atoms with E-state index in [2.05, 4.69) is 25.9 Å². The molecule has 6 heteroatoms. The van der Waals surface area contributed by atoms with E-state index in [0.717, 1.165) is 31.0 Å². The third-order valence-electron chi connectivity index (χ3n) is 3.67. The van der Waals surface area contributed by atoms with E-state index in [1.165, 1.54) is 18.2 Å². The van der Waals surface area contributed by atoms with Crippen LogP contribution in [0.1, 0.15) is 21.6 Å². The fraction of sp³-hybridized carbons (Fsp3) is 0.267. The number of benzene rings is 1. The molecule has 21 heavy (non-hydrogen) atoms. The molecule has 1 aromatic heterocycles. The van der Waals surface area contributed by atoms with Gasteiger partial charge in [-0.2, -0.15) is 0 Å². The Balaban J connectivity index is 1.81. The van der Waals surface area contributed by atoms with Gasteiger partial charge in [0.2, 0.25) is 0 Å². The monoisotopic (exact) mass is 284 g/mol. The van der Waals surface area contributed by atoms with Gasteiger partial charge in [-0.05, 0) is 35.7 Å². The maximum atomic E-state index is 11.3. The van der Waals surface area contributed by atoms with Crippen LogP contribution in [0.4, 0.5) is 11.5 Å². The Labute approximate surface area is 122 Å². The highest BCUT2D eigenvalue weighted by Gasteiger charge is 2.19. The van der Waals surface area contributed by atoms with Crippen LogP contribution >= 0.6 is 0 Å². The van der Waals surface area contributed by atoms with Gasteiger partial charge in [-0.25, -0.2) is 4.79 Å². The van der Waals surface area contributed by atoms with Crippen LogP contribution in [-0.4, -0.2) is 29.8 Å². The highest BCUT2D eigenvalue weighted by Crippen LogP contribution is 2.26. The minimum absolute atomic E-state index is 0.211. The molecule has 0 fully saturated rings. The largest absolute Gasteiger partial charge is 0.464 e. The average Bonchev–Trinajstić information content (AvgIpc) is 2.54. The molecule has 108 valence electrons. The summed E-state index contributed by atoms with van der Waals surface area (Å²) in [7, 11) is 1.32. The number of nitrogens with two attached hydrogens (primary N) is 1. The molecule has 0 unspecified atom stereocenters. The maximum Gasteiger partial charge on any atom is 0.358 e. The molecule has 6 nitrogen and oxygen atoms in total. The highest BCUT2D eigenvalue weighted by molar-refractivity contribution is 5.87. The smallest absolute Gasteiger partial charge is 0.358 e. The Hall–Kier alpha value is -2.63. The lowest BCUT2D eigenvalue weighted by Gasteiger charge is -2.30. The Bertz CT molecular complexity index is 670. The number of carbonyl (C=O) groups is 1. The summed E-state index contributed by atoms with van der Waals surface area (Å²) in [4.78, 5) is 13.5. The zero-order valence-corrected chi connectivity index (χ0v) is 11.7. The van der Waals surface area contributed by atoms with Crippen LogP contribution in [0.25, 0.3) is 0 Å². The van der Waals surface area contributed by atoms with Crippen molar-refractivity contribution >= 4 is 17.5 Å². The number of carbonyl (C=O) groups excluding carboxylic acids is 1. The molecule has 0 aliphatic carbocycles. The number of esters is 1. The van der Waals surface area contributed by atoms with Crippen LogP contribution in [0, 0.1) is 0 Å². The van der Waals surface area contributed by atoms with Gasteiger partial charge in [0.25, 0.3) is 0 Å². The molecule has 1 aromatic carbocycles. The van der Waals surface area contributed by atoms with E-state index in [0.29, 0.717) is 0 Å². The number of methoxy groups -OCH3 is 1. The van der Waals surface area contributed by atoms with E-state index in [9.17, 15) is 4.79 Å². The molecular weight excluding hydrogens is 268 g/mol. The lowest BCUT2D eigenvalue weighted by molar-refractivity contribution is 0.0592. The summed E-state index contributed by atoms with van der Waals surface area (Å²) in [5.74, 6) is 0.265. The second kappa shape index (κ2) is 5.40. The zero-order valence-electron chi connectivity index (χ0n) is 11.7. The van der Waals surface area contributed by atoms with Gasteiger partial charge < -0.3 is 15.4 Å². The number of hydrogen-bond acceptors (Lipinski definition) is 6. The van der Waals surface area contributed by atoms with Crippen molar-refractivity contribution in [2.75, 3.05) is 24.3 Å². The van der Waals surface area contributed by atoms with E-state index in [4.69, 9.17) is 5.73 Å². The quantitative estimate of drug-likeness (QED) is 0.663. The third kappa shape index (κ3) is 2.52. The Morgan fingerprint density at radius 3 is 2.86 bits per heavy atom. The van der Waals surface area contributed by atoms with Crippen molar-refractivity contribution in [2.24, 2.45) is 0 Å². The summed E-state index contributed by atoms with van der Waals surface area (Å²) >= 11 is 0. The fourth-order valence-corrected chi connectivity index (χ4v) is 2.54. The van der Waals surface area contributed by atoms with E-state index < -0.39 is 5.97 Å². The number of nitrogens with zero attached hydrogens (tertiary/aromatic N) is 3. The first-order chi connectivity index (χ1) is 10.2. The number of rotatable bonds is 2. The predicted molar refractivity (Wildman–Crippen MR) is 79.0 cm³/mol. The Morgan fingerprint density at radius 1 is 1.29 bits per heavy atom. The van der Waals surface area contributed by atoms with Crippen molar-refractivity contribution < 1.29 is 9.53 Å². The second-order valence-electron chi connectivity index (χ2n) is 4.92. The SMILES string of the molecule is COC(=O)c1ccc(N2CCc3c(N)cccc3C2)nn1. The molecule has 0 spiro atoms. The van der Waals surface area contributed by atoms with Crippen molar-refractivity contribution in [3.05, 3.63) is 47.2 Å². The minimum Gasteiger partial charge on any atom is -0.464 e. The van der Waals surface area contributed by atoms with Gasteiger partial charge in [0.05, 0.1) is 7.11 Å². The molecule has 0 bridgehead atoms. The highest BCUT2D eigenvalue weighted by atomic mass is 16.5. The van der Waals surface area contributed by atoms with Gasteiger partial charge in [-0.15, -0.1) is 10.2 Å². The Kier molecular flexibility index (Phi) is 3.43. The molecule has 2 heterocycles. The predicted octanol–water partition coefficient (Wildman–Crippen LogP) is 1.41. The molecule has 0 saturated carbocycles. The summed E-state index contributed by atoms with van der Waals surface area (Å²) in [6.45, 7) is 1.57. The fourth-order valence-electron chi connectivity index (χ4n) is 2.54. The van der Waals surface area contributed by atoms with Gasteiger partial charge in [0.1, 0.15) is 0 Å². The number of ether oxygens (including phenoxy) is 1. The van der Waals surface area contributed by atoms with Crippen LogP contribution in [-0.2, 0) is 17.7 Å². The summed E-state index contributed by atoms with van der Waals surface area (Å²) in [6.07, 6.45) is 0.877. The molecule has 0 radical (unpaired) electrons. The van der Waals surface area contributed by atoms with Gasteiger partial charge >= 0.3 is 5.97 Å². The van der Waals surface area contributed by atoms with Crippen molar-refractivity contribution in [3.63, 3.8) is 0 Å². The molecule has 2 aromatic rings. The third-order valence-corrected chi connectivity index (χ3v) is 3.67. The Morgan fingerprint density at radius 2 is 2.14 bits per heavy atom. The number of hydrogen-bond donors (Lipinski definition) is 1. The summed E-state index contributed by atoms with van der Waals surface area (Å²) in [6, 6.07) is 9.39. The molecule has 3 rings (SSSR count). The lowest BCUT2D eigenvalue weighted by atomic mass is 9.98. The molecule has 0 saturated heterocycles. The second-order valence-corrected chi connectivity index (χ2v) is 4.92. The van der Waals surface area contributed by atoms with Crippen LogP contribution in [0.15, 0.2) is 30.3 Å². The standard InChI is InChI=1S/C15H16N4O2/c1-21-15(20)13-5-6-14(18-17-13)19-8-7-11-10(9-19)3-2-4-12(11)16/h2-6H,7-9,16H2,1H3. The molecule has 0 atom stereocenters. The topological polar surface area (TPSA) is 81.3 Å². The van der Waals surface area contributed by atoms with Crippen molar-refractivity contribution in [1.82, 2.24) is 10.2 Å². The number of aromatic nitrogens is 2. The summed E-state index contributed by atoms with van der Waals surface area (Å²) < 4.78 is 4.61. The van der Waals surface area contributed by atoms with Crippen LogP contribution < -0.4 is 10.6 Å². The first kappa shape index (κ1) is 13.4. The number of nitrogen functional groups attached to an aromatic ring is 1. The van der Waals surface area contributed by atoms with Gasteiger partial charge in [0, 0.05) is 18.8 Å². The molecule has 1 aliphatic rings. The van der Waals surface area contributed by atoms with Crippen molar-refractivity contribution in [3.8, 4) is 0 Å². The summed E-state index contributed by atoms with van der Waals surface area (Å²) in [5.41, 5.74) is 9.48. The van der Waals surface area contributed by atoms with Crippen molar-refractivity contribution in [2.45, 2.75) is 13.0 Å². The first-order valence-electron chi connectivity index (χ1n) is 6.72. The summed E-state index contributed by atoms with van der Waals surface area (Å²) in [5, 5.41) is 8.02. The van der Waals surface area contributed by atoms with E-state index in [-0.39, 0.29) is 5.69 Å². The van der Waals surface area contributed by atoms with E-state index in [1.54, 1.807) is 12.1 Å². The van der Waals surface area contributed by atoms with Crippen LogP contribution in [0.2, 0.25) is 0 Å². The van der Waals surface area contributed by atoms with Crippen LogP contribution in [0.5, 0.6) is 0 Å². The minimum atomic E-state index is -0.481. The maximum absolute atomic E-state index is 11.3.